The van der Waals surface area contributed by atoms with Crippen molar-refractivity contribution < 1.29 is 4.74 Å². The van der Waals surface area contributed by atoms with E-state index in [0.717, 1.165) is 0 Å². The molecule has 0 spiro atoms. The van der Waals surface area contributed by atoms with Crippen LogP contribution in [0, 0.1) is 6.92 Å². The van der Waals surface area contributed by atoms with Gasteiger partial charge in [0.05, 0.1) is 7.11 Å². The van der Waals surface area contributed by atoms with Crippen LogP contribution >= 0.6 is 12.2 Å². The first-order valence-corrected chi connectivity index (χ1v) is 4.46. The average Bonchev–Trinajstić information content (AvgIpc) is 2.16. The normalized spacial score (nSPS) is 10.3. The Labute approximate surface area is 84.0 Å². The van der Waals surface area contributed by atoms with E-state index in [4.69, 9.17) is 17.0 Å². The minimum absolute atomic E-state index is 0.503. The van der Waals surface area contributed by atoms with Crippen LogP contribution in [0.3, 0.4) is 0 Å². The Hall–Kier alpha value is -1.15. The fourth-order valence-corrected chi connectivity index (χ4v) is 1.07. The quantitative estimate of drug-likeness (QED) is 0.526. The zero-order valence-corrected chi connectivity index (χ0v) is 8.60. The molecule has 1 rings (SSSR count). The summed E-state index contributed by atoms with van der Waals surface area (Å²) in [4.78, 5) is 0. The molecule has 13 heavy (non-hydrogen) atoms. The smallest absolute Gasteiger partial charge is 0.183 e. The van der Waals surface area contributed by atoms with Gasteiger partial charge in [-0.05, 0) is 36.3 Å². The van der Waals surface area contributed by atoms with E-state index in [1.54, 1.807) is 13.2 Å². The number of methoxy groups -OCH3 is 1. The maximum absolute atomic E-state index is 4.89. The zero-order chi connectivity index (χ0) is 9.68. The lowest BCUT2D eigenvalue weighted by molar-refractivity contribution is 0.418. The van der Waals surface area contributed by atoms with Gasteiger partial charge in [-0.25, -0.2) is 0 Å². The minimum Gasteiger partial charge on any atom is -0.487 e. The number of benzene rings is 1. The Kier molecular flexibility index (Phi) is 3.65. The molecule has 1 aromatic rings. The molecule has 0 saturated heterocycles. The third-order valence-corrected chi connectivity index (χ3v) is 2.09. The van der Waals surface area contributed by atoms with Crippen molar-refractivity contribution in [3.63, 3.8) is 0 Å². The largest absolute Gasteiger partial charge is 0.487 e. The first-order chi connectivity index (χ1) is 6.24. The Bertz CT molecular complexity index is 329. The third kappa shape index (κ3) is 2.99. The van der Waals surface area contributed by atoms with E-state index in [9.17, 15) is 0 Å². The monoisotopic (exact) mass is 192 g/mol. The number of rotatable bonds is 2. The van der Waals surface area contributed by atoms with E-state index in [0.29, 0.717) is 5.05 Å². The van der Waals surface area contributed by atoms with Gasteiger partial charge in [0.2, 0.25) is 0 Å². The van der Waals surface area contributed by atoms with Crippen LogP contribution in [0.2, 0.25) is 0 Å². The molecule has 0 heterocycles. The Morgan fingerprint density at radius 1 is 1.38 bits per heavy atom. The predicted octanol–water partition coefficient (Wildman–Crippen LogP) is 2.98. The first kappa shape index (κ1) is 9.93. The van der Waals surface area contributed by atoms with E-state index in [2.05, 4.69) is 13.0 Å². The van der Waals surface area contributed by atoms with Crippen LogP contribution in [0.4, 0.5) is 0 Å². The van der Waals surface area contributed by atoms with Gasteiger partial charge in [-0.3, -0.25) is 0 Å². The number of thiocarbonyl (C=S) groups is 1. The lowest BCUT2D eigenvalue weighted by Crippen LogP contribution is -1.90. The topological polar surface area (TPSA) is 9.23 Å². The van der Waals surface area contributed by atoms with Crippen LogP contribution in [0.15, 0.2) is 30.3 Å². The molecule has 0 N–H and O–H groups in total. The van der Waals surface area contributed by atoms with Crippen molar-refractivity contribution in [2.75, 3.05) is 7.11 Å². The Balaban J connectivity index is 2.80. The number of ether oxygens (including phenoxy) is 1. The summed E-state index contributed by atoms with van der Waals surface area (Å²) in [6, 6.07) is 8.13. The van der Waals surface area contributed by atoms with Gasteiger partial charge in [0.15, 0.2) is 5.05 Å². The Morgan fingerprint density at radius 3 is 2.69 bits per heavy atom. The maximum atomic E-state index is 4.89. The second-order valence-electron chi connectivity index (χ2n) is 2.71. The molecule has 68 valence electrons. The highest BCUT2D eigenvalue weighted by Gasteiger charge is 1.91. The molecular formula is C11H12OS. The van der Waals surface area contributed by atoms with Gasteiger partial charge in [0.25, 0.3) is 0 Å². The molecule has 0 aliphatic carbocycles. The summed E-state index contributed by atoms with van der Waals surface area (Å²) in [6.07, 6.45) is 3.75. The molecule has 0 aromatic heterocycles. The van der Waals surface area contributed by atoms with Gasteiger partial charge in [0, 0.05) is 0 Å². The molecule has 1 aromatic carbocycles. The van der Waals surface area contributed by atoms with Gasteiger partial charge in [-0.15, -0.1) is 0 Å². The van der Waals surface area contributed by atoms with Crippen LogP contribution in [-0.2, 0) is 4.74 Å². The van der Waals surface area contributed by atoms with E-state index in [-0.39, 0.29) is 0 Å². The maximum Gasteiger partial charge on any atom is 0.183 e. The SMILES string of the molecule is COC(=S)/C=C/c1ccccc1C. The molecule has 0 aliphatic rings. The number of aryl methyl sites for hydroxylation is 1. The second-order valence-corrected chi connectivity index (χ2v) is 3.12. The summed E-state index contributed by atoms with van der Waals surface area (Å²) >= 11 is 4.89. The summed E-state index contributed by atoms with van der Waals surface area (Å²) in [5.41, 5.74) is 2.40. The van der Waals surface area contributed by atoms with Crippen molar-refractivity contribution in [1.82, 2.24) is 0 Å². The summed E-state index contributed by atoms with van der Waals surface area (Å²) in [6.45, 7) is 2.07. The van der Waals surface area contributed by atoms with Crippen LogP contribution in [0.25, 0.3) is 6.08 Å². The molecule has 0 fully saturated rings. The molecule has 0 bridgehead atoms. The molecule has 0 amide bonds. The van der Waals surface area contributed by atoms with Crippen molar-refractivity contribution in [3.05, 3.63) is 41.5 Å². The van der Waals surface area contributed by atoms with Crippen molar-refractivity contribution in [3.8, 4) is 0 Å². The minimum atomic E-state index is 0.503. The van der Waals surface area contributed by atoms with Gasteiger partial charge >= 0.3 is 0 Å². The van der Waals surface area contributed by atoms with Crippen molar-refractivity contribution in [2.45, 2.75) is 6.92 Å². The molecule has 0 saturated carbocycles. The molecule has 1 nitrogen and oxygen atoms in total. The molecular weight excluding hydrogens is 180 g/mol. The predicted molar refractivity (Wildman–Crippen MR) is 59.8 cm³/mol. The molecule has 2 heteroatoms. The van der Waals surface area contributed by atoms with Gasteiger partial charge < -0.3 is 4.74 Å². The lowest BCUT2D eigenvalue weighted by atomic mass is 10.1. The lowest BCUT2D eigenvalue weighted by Gasteiger charge is -1.98. The second kappa shape index (κ2) is 4.77. The van der Waals surface area contributed by atoms with E-state index in [1.807, 2.05) is 24.3 Å². The first-order valence-electron chi connectivity index (χ1n) is 4.05. The summed E-state index contributed by atoms with van der Waals surface area (Å²) < 4.78 is 4.86. The number of hydrogen-bond donors (Lipinski definition) is 0. The molecule has 0 unspecified atom stereocenters. The van der Waals surface area contributed by atoms with Crippen LogP contribution in [0.5, 0.6) is 0 Å². The van der Waals surface area contributed by atoms with Crippen LogP contribution in [-0.4, -0.2) is 12.2 Å². The third-order valence-electron chi connectivity index (χ3n) is 1.79. The molecule has 0 aliphatic heterocycles. The van der Waals surface area contributed by atoms with E-state index in [1.165, 1.54) is 11.1 Å². The molecule has 0 radical (unpaired) electrons. The van der Waals surface area contributed by atoms with Gasteiger partial charge in [0.1, 0.15) is 0 Å². The summed E-state index contributed by atoms with van der Waals surface area (Å²) in [5, 5.41) is 0.503. The molecule has 0 atom stereocenters. The van der Waals surface area contributed by atoms with Gasteiger partial charge in [-0.2, -0.15) is 0 Å². The van der Waals surface area contributed by atoms with Crippen molar-refractivity contribution in [2.24, 2.45) is 0 Å². The highest BCUT2D eigenvalue weighted by Crippen LogP contribution is 2.08. The highest BCUT2D eigenvalue weighted by atomic mass is 32.1. The highest BCUT2D eigenvalue weighted by molar-refractivity contribution is 7.80. The van der Waals surface area contributed by atoms with Crippen molar-refractivity contribution in [1.29, 1.82) is 0 Å². The number of hydrogen-bond acceptors (Lipinski definition) is 2. The van der Waals surface area contributed by atoms with Crippen LogP contribution < -0.4 is 0 Å². The van der Waals surface area contributed by atoms with E-state index < -0.39 is 0 Å². The summed E-state index contributed by atoms with van der Waals surface area (Å²) in [7, 11) is 1.57. The van der Waals surface area contributed by atoms with E-state index >= 15 is 0 Å². The Morgan fingerprint density at radius 2 is 2.08 bits per heavy atom. The standard InChI is InChI=1S/C11H12OS/c1-9-5-3-4-6-10(9)7-8-11(13)12-2/h3-8H,1-2H3/b8-7+. The van der Waals surface area contributed by atoms with Crippen LogP contribution in [0.1, 0.15) is 11.1 Å². The van der Waals surface area contributed by atoms with Crippen molar-refractivity contribution >= 4 is 23.3 Å². The fourth-order valence-electron chi connectivity index (χ4n) is 1.000. The van der Waals surface area contributed by atoms with Gasteiger partial charge in [-0.1, -0.05) is 30.3 Å². The zero-order valence-electron chi connectivity index (χ0n) is 7.78. The average molecular weight is 192 g/mol. The summed E-state index contributed by atoms with van der Waals surface area (Å²) in [5.74, 6) is 0. The fraction of sp³-hybridized carbons (Fsp3) is 0.182.